The van der Waals surface area contributed by atoms with Gasteiger partial charge in [0.2, 0.25) is 11.8 Å². The van der Waals surface area contributed by atoms with Gasteiger partial charge in [0.15, 0.2) is 11.5 Å². The third-order valence-electron chi connectivity index (χ3n) is 7.06. The summed E-state index contributed by atoms with van der Waals surface area (Å²) in [7, 11) is 3.07. The van der Waals surface area contributed by atoms with Crippen LogP contribution in [0, 0.1) is 19.8 Å². The van der Waals surface area contributed by atoms with E-state index in [1.807, 2.05) is 56.3 Å². The number of nitrogens with one attached hydrogen (secondary N) is 1. The van der Waals surface area contributed by atoms with Gasteiger partial charge in [0.05, 0.1) is 19.7 Å². The topological polar surface area (TPSA) is 98.6 Å². The van der Waals surface area contributed by atoms with Crippen molar-refractivity contribution in [1.82, 2.24) is 20.3 Å². The van der Waals surface area contributed by atoms with Gasteiger partial charge in [-0.25, -0.2) is 4.68 Å². The van der Waals surface area contributed by atoms with E-state index < -0.39 is 6.04 Å². The van der Waals surface area contributed by atoms with E-state index in [4.69, 9.17) is 9.47 Å². The first-order valence-electron chi connectivity index (χ1n) is 13.4. The van der Waals surface area contributed by atoms with Crippen molar-refractivity contribution in [2.45, 2.75) is 46.7 Å². The maximum Gasteiger partial charge on any atom is 0.249 e. The number of benzene rings is 3. The van der Waals surface area contributed by atoms with E-state index in [0.717, 1.165) is 23.1 Å². The van der Waals surface area contributed by atoms with E-state index in [9.17, 15) is 9.59 Å². The molecule has 0 aliphatic rings. The van der Waals surface area contributed by atoms with Gasteiger partial charge >= 0.3 is 0 Å². The number of hydrogen-bond donors (Lipinski definition) is 1. The van der Waals surface area contributed by atoms with Crippen molar-refractivity contribution in [3.8, 4) is 11.5 Å². The van der Waals surface area contributed by atoms with Crippen molar-refractivity contribution in [3.63, 3.8) is 0 Å². The molecule has 0 spiro atoms. The number of fused-ring (bicyclic) bond motifs is 1. The zero-order chi connectivity index (χ0) is 28.8. The molecule has 40 heavy (non-hydrogen) atoms. The van der Waals surface area contributed by atoms with Crippen LogP contribution in [0.3, 0.4) is 0 Å². The van der Waals surface area contributed by atoms with Crippen molar-refractivity contribution in [2.24, 2.45) is 5.92 Å². The molecule has 1 unspecified atom stereocenters. The highest BCUT2D eigenvalue weighted by molar-refractivity contribution is 6.02. The number of carbonyl (C=O) groups is 2. The fraction of sp³-hybridized carbons (Fsp3) is 0.355. The van der Waals surface area contributed by atoms with Crippen LogP contribution in [0.1, 0.15) is 43.0 Å². The predicted octanol–water partition coefficient (Wildman–Crippen LogP) is 5.00. The second kappa shape index (κ2) is 12.6. The number of rotatable bonds is 11. The van der Waals surface area contributed by atoms with Gasteiger partial charge in [-0.3, -0.25) is 14.5 Å². The van der Waals surface area contributed by atoms with Gasteiger partial charge in [-0.15, -0.1) is 5.10 Å². The average molecular weight is 544 g/mol. The standard InChI is InChI=1S/C31H37N5O4/c1-20(2)17-18-32-31(38)29(23-12-10-16-27(39-5)30(23)40-6)36(25-15-9-11-21(3)22(25)4)28(37)19-35-26-14-8-7-13-24(26)33-34-35/h7-16,20,29H,17-19H2,1-6H3,(H,32,38). The third kappa shape index (κ3) is 5.93. The summed E-state index contributed by atoms with van der Waals surface area (Å²) >= 11 is 0. The smallest absolute Gasteiger partial charge is 0.249 e. The van der Waals surface area contributed by atoms with Gasteiger partial charge in [0.1, 0.15) is 18.1 Å². The number of aryl methyl sites for hydroxylation is 1. The average Bonchev–Trinajstić information content (AvgIpc) is 3.35. The van der Waals surface area contributed by atoms with Gasteiger partial charge in [-0.1, -0.05) is 55.5 Å². The Bertz CT molecular complexity index is 1500. The van der Waals surface area contributed by atoms with Crippen molar-refractivity contribution in [3.05, 3.63) is 77.4 Å². The molecular formula is C31H37N5O4. The lowest BCUT2D eigenvalue weighted by Gasteiger charge is -2.34. The largest absolute Gasteiger partial charge is 0.493 e. The van der Waals surface area contributed by atoms with E-state index in [2.05, 4.69) is 29.5 Å². The molecule has 0 bridgehead atoms. The zero-order valence-corrected chi connectivity index (χ0v) is 24.0. The molecule has 0 radical (unpaired) electrons. The maximum atomic E-state index is 14.4. The number of amides is 2. The molecule has 2 amide bonds. The molecule has 4 aromatic rings. The Morgan fingerprint density at radius 1 is 0.975 bits per heavy atom. The lowest BCUT2D eigenvalue weighted by atomic mass is 9.98. The third-order valence-corrected chi connectivity index (χ3v) is 7.06. The quantitative estimate of drug-likeness (QED) is 0.286. The molecule has 3 aromatic carbocycles. The summed E-state index contributed by atoms with van der Waals surface area (Å²) in [5.74, 6) is 0.629. The Morgan fingerprint density at radius 3 is 2.45 bits per heavy atom. The number of ether oxygens (including phenoxy) is 2. The van der Waals surface area contributed by atoms with Crippen molar-refractivity contribution in [2.75, 3.05) is 25.7 Å². The van der Waals surface area contributed by atoms with Crippen molar-refractivity contribution >= 4 is 28.5 Å². The molecule has 210 valence electrons. The summed E-state index contributed by atoms with van der Waals surface area (Å²) in [6.45, 7) is 8.49. The predicted molar refractivity (Wildman–Crippen MR) is 156 cm³/mol. The number of hydrogen-bond acceptors (Lipinski definition) is 6. The van der Waals surface area contributed by atoms with Gasteiger partial charge in [0, 0.05) is 17.8 Å². The molecule has 0 saturated carbocycles. The van der Waals surface area contributed by atoms with Crippen LogP contribution < -0.4 is 19.7 Å². The molecule has 1 heterocycles. The first-order chi connectivity index (χ1) is 19.3. The molecule has 0 saturated heterocycles. The monoisotopic (exact) mass is 543 g/mol. The Kier molecular flexibility index (Phi) is 9.04. The minimum atomic E-state index is -1.04. The van der Waals surface area contributed by atoms with Crippen LogP contribution in [-0.4, -0.2) is 47.6 Å². The highest BCUT2D eigenvalue weighted by atomic mass is 16.5. The normalized spacial score (nSPS) is 11.9. The lowest BCUT2D eigenvalue weighted by Crippen LogP contribution is -2.46. The zero-order valence-electron chi connectivity index (χ0n) is 24.0. The number of para-hydroxylation sites is 2. The molecule has 1 atom stereocenters. The van der Waals surface area contributed by atoms with E-state index >= 15 is 0 Å². The van der Waals surface area contributed by atoms with Crippen LogP contribution >= 0.6 is 0 Å². The summed E-state index contributed by atoms with van der Waals surface area (Å²) in [5.41, 5.74) is 4.45. The van der Waals surface area contributed by atoms with E-state index in [-0.39, 0.29) is 18.4 Å². The molecule has 0 aliphatic carbocycles. The van der Waals surface area contributed by atoms with Crippen LogP contribution in [0.25, 0.3) is 11.0 Å². The minimum absolute atomic E-state index is 0.115. The molecular weight excluding hydrogens is 506 g/mol. The summed E-state index contributed by atoms with van der Waals surface area (Å²) in [6, 6.07) is 17.5. The Labute approximate surface area is 235 Å². The van der Waals surface area contributed by atoms with Crippen LogP contribution in [0.5, 0.6) is 11.5 Å². The Morgan fingerprint density at radius 2 is 1.73 bits per heavy atom. The highest BCUT2D eigenvalue weighted by Gasteiger charge is 2.36. The number of anilines is 1. The van der Waals surface area contributed by atoms with Crippen LogP contribution in [0.15, 0.2) is 60.7 Å². The summed E-state index contributed by atoms with van der Waals surface area (Å²) < 4.78 is 12.9. The van der Waals surface area contributed by atoms with E-state index in [1.165, 1.54) is 7.11 Å². The summed E-state index contributed by atoms with van der Waals surface area (Å²) in [6.07, 6.45) is 0.802. The first kappa shape index (κ1) is 28.6. The van der Waals surface area contributed by atoms with E-state index in [0.29, 0.717) is 40.7 Å². The number of carbonyl (C=O) groups excluding carboxylic acids is 2. The Hall–Kier alpha value is -4.40. The second-order valence-electron chi connectivity index (χ2n) is 10.2. The molecule has 0 fully saturated rings. The summed E-state index contributed by atoms with van der Waals surface area (Å²) in [5, 5.41) is 11.5. The minimum Gasteiger partial charge on any atom is -0.493 e. The fourth-order valence-electron chi connectivity index (χ4n) is 4.76. The van der Waals surface area contributed by atoms with Gasteiger partial charge in [0.25, 0.3) is 0 Å². The van der Waals surface area contributed by atoms with Crippen molar-refractivity contribution in [1.29, 1.82) is 0 Å². The van der Waals surface area contributed by atoms with Gasteiger partial charge in [-0.05, 0) is 61.6 Å². The molecule has 9 heteroatoms. The van der Waals surface area contributed by atoms with Crippen LogP contribution in [-0.2, 0) is 16.1 Å². The maximum absolute atomic E-state index is 14.4. The van der Waals surface area contributed by atoms with Gasteiger partial charge < -0.3 is 14.8 Å². The lowest BCUT2D eigenvalue weighted by molar-refractivity contribution is -0.127. The van der Waals surface area contributed by atoms with Crippen LogP contribution in [0.2, 0.25) is 0 Å². The van der Waals surface area contributed by atoms with E-state index in [1.54, 1.807) is 34.9 Å². The molecule has 0 aliphatic heterocycles. The first-order valence-corrected chi connectivity index (χ1v) is 13.4. The molecule has 9 nitrogen and oxygen atoms in total. The SMILES string of the molecule is COc1cccc(C(C(=O)NCCC(C)C)N(C(=O)Cn2nnc3ccccc32)c2cccc(C)c2C)c1OC. The number of nitrogens with zero attached hydrogens (tertiary/aromatic N) is 4. The number of aromatic nitrogens is 3. The molecule has 4 rings (SSSR count). The fourth-order valence-corrected chi connectivity index (χ4v) is 4.76. The summed E-state index contributed by atoms with van der Waals surface area (Å²) in [4.78, 5) is 30.0. The van der Waals surface area contributed by atoms with Gasteiger partial charge in [-0.2, -0.15) is 0 Å². The second-order valence-corrected chi connectivity index (χ2v) is 10.2. The highest BCUT2D eigenvalue weighted by Crippen LogP contribution is 2.40. The number of methoxy groups -OCH3 is 2. The Balaban J connectivity index is 1.89. The molecule has 1 aromatic heterocycles. The van der Waals surface area contributed by atoms with Crippen LogP contribution in [0.4, 0.5) is 5.69 Å². The molecule has 1 N–H and O–H groups in total. The van der Waals surface area contributed by atoms with Crippen molar-refractivity contribution < 1.29 is 19.1 Å².